The standard InChI is InChI=1S/C16H33N7O4/c17-7-3-1-5-11(19)16(27)22-9-13(24)21-10-14(25)23-12(15(20)26)6-2-4-8-18/h11-12H,1-10,17-19H2,(H2,20,26)(H,21,24)(H,22,27)(H,23,25)/t11-,12-/m0/s1. The first-order chi connectivity index (χ1) is 12.8. The van der Waals surface area contributed by atoms with E-state index < -0.39 is 35.7 Å². The quantitative estimate of drug-likeness (QED) is 0.143. The van der Waals surface area contributed by atoms with E-state index in [0.29, 0.717) is 38.8 Å². The number of primary amides is 1. The van der Waals surface area contributed by atoms with Crippen LogP contribution in [-0.4, -0.2) is 61.9 Å². The summed E-state index contributed by atoms with van der Waals surface area (Å²) in [4.78, 5) is 46.6. The zero-order valence-corrected chi connectivity index (χ0v) is 15.7. The summed E-state index contributed by atoms with van der Waals surface area (Å²) in [6.45, 7) is 0.380. The molecule has 0 aliphatic carbocycles. The Morgan fingerprint density at radius 1 is 0.778 bits per heavy atom. The van der Waals surface area contributed by atoms with Crippen molar-refractivity contribution >= 4 is 23.6 Å². The number of amides is 4. The highest BCUT2D eigenvalue weighted by Gasteiger charge is 2.18. The minimum absolute atomic E-state index is 0.299. The largest absolute Gasteiger partial charge is 0.368 e. The molecule has 0 heterocycles. The van der Waals surface area contributed by atoms with Gasteiger partial charge in [0.2, 0.25) is 23.6 Å². The van der Waals surface area contributed by atoms with E-state index in [0.717, 1.165) is 12.8 Å². The van der Waals surface area contributed by atoms with Crippen LogP contribution in [0.3, 0.4) is 0 Å². The van der Waals surface area contributed by atoms with Gasteiger partial charge in [-0.3, -0.25) is 19.2 Å². The van der Waals surface area contributed by atoms with Gasteiger partial charge in [-0.25, -0.2) is 0 Å². The molecule has 0 aromatic heterocycles. The number of hydrogen-bond donors (Lipinski definition) is 7. The van der Waals surface area contributed by atoms with Crippen LogP contribution in [0.1, 0.15) is 38.5 Å². The second kappa shape index (κ2) is 14.9. The normalized spacial score (nSPS) is 12.7. The Labute approximate surface area is 159 Å². The Morgan fingerprint density at radius 3 is 1.89 bits per heavy atom. The van der Waals surface area contributed by atoms with Crippen molar-refractivity contribution in [1.29, 1.82) is 0 Å². The van der Waals surface area contributed by atoms with Crippen molar-refractivity contribution in [2.24, 2.45) is 22.9 Å². The maximum Gasteiger partial charge on any atom is 0.240 e. The molecule has 0 rings (SSSR count). The van der Waals surface area contributed by atoms with Crippen molar-refractivity contribution < 1.29 is 19.2 Å². The van der Waals surface area contributed by atoms with Crippen LogP contribution >= 0.6 is 0 Å². The number of hydrogen-bond acceptors (Lipinski definition) is 7. The molecule has 11 nitrogen and oxygen atoms in total. The second-order valence-corrected chi connectivity index (χ2v) is 6.19. The third-order valence-corrected chi connectivity index (χ3v) is 3.80. The van der Waals surface area contributed by atoms with Gasteiger partial charge in [0, 0.05) is 0 Å². The lowest BCUT2D eigenvalue weighted by Crippen LogP contribution is -2.49. The molecular formula is C16H33N7O4. The monoisotopic (exact) mass is 387 g/mol. The Morgan fingerprint density at radius 2 is 1.33 bits per heavy atom. The van der Waals surface area contributed by atoms with E-state index in [9.17, 15) is 19.2 Å². The predicted octanol–water partition coefficient (Wildman–Crippen LogP) is -3.23. The molecule has 4 amide bonds. The lowest BCUT2D eigenvalue weighted by Gasteiger charge is -2.16. The van der Waals surface area contributed by atoms with E-state index in [1.54, 1.807) is 0 Å². The minimum Gasteiger partial charge on any atom is -0.368 e. The van der Waals surface area contributed by atoms with Crippen LogP contribution in [-0.2, 0) is 19.2 Å². The summed E-state index contributed by atoms with van der Waals surface area (Å²) in [5, 5.41) is 7.20. The molecule has 0 aromatic rings. The first-order valence-electron chi connectivity index (χ1n) is 9.10. The highest BCUT2D eigenvalue weighted by molar-refractivity contribution is 5.91. The molecule has 2 atom stereocenters. The van der Waals surface area contributed by atoms with E-state index >= 15 is 0 Å². The average molecular weight is 387 g/mol. The van der Waals surface area contributed by atoms with Gasteiger partial charge in [0.25, 0.3) is 0 Å². The molecule has 0 fully saturated rings. The first kappa shape index (κ1) is 24.8. The van der Waals surface area contributed by atoms with Gasteiger partial charge in [-0.05, 0) is 45.2 Å². The first-order valence-corrected chi connectivity index (χ1v) is 9.10. The molecule has 27 heavy (non-hydrogen) atoms. The Bertz CT molecular complexity index is 487. The van der Waals surface area contributed by atoms with Gasteiger partial charge in [-0.15, -0.1) is 0 Å². The summed E-state index contributed by atoms with van der Waals surface area (Å²) in [7, 11) is 0. The van der Waals surface area contributed by atoms with Crippen molar-refractivity contribution in [3.8, 4) is 0 Å². The number of carbonyl (C=O) groups is 4. The molecule has 156 valence electrons. The zero-order valence-electron chi connectivity index (χ0n) is 15.7. The van der Waals surface area contributed by atoms with Gasteiger partial charge in [0.05, 0.1) is 19.1 Å². The number of carbonyl (C=O) groups excluding carboxylic acids is 4. The van der Waals surface area contributed by atoms with Crippen LogP contribution in [0.15, 0.2) is 0 Å². The molecule has 0 bridgehead atoms. The van der Waals surface area contributed by atoms with E-state index in [1.807, 2.05) is 0 Å². The Kier molecular flexibility index (Phi) is 13.6. The summed E-state index contributed by atoms with van der Waals surface area (Å²) in [6.07, 6.45) is 3.72. The number of unbranched alkanes of at least 4 members (excludes halogenated alkanes) is 2. The smallest absolute Gasteiger partial charge is 0.240 e. The molecular weight excluding hydrogens is 354 g/mol. The molecule has 0 saturated heterocycles. The maximum absolute atomic E-state index is 11.8. The second-order valence-electron chi connectivity index (χ2n) is 6.19. The van der Waals surface area contributed by atoms with Crippen molar-refractivity contribution in [2.45, 2.75) is 50.6 Å². The van der Waals surface area contributed by atoms with Gasteiger partial charge < -0.3 is 38.9 Å². The fourth-order valence-electron chi connectivity index (χ4n) is 2.20. The van der Waals surface area contributed by atoms with Crippen LogP contribution in [0.4, 0.5) is 0 Å². The van der Waals surface area contributed by atoms with Gasteiger partial charge in [0.1, 0.15) is 6.04 Å². The fourth-order valence-corrected chi connectivity index (χ4v) is 2.20. The zero-order chi connectivity index (χ0) is 20.7. The third-order valence-electron chi connectivity index (χ3n) is 3.80. The molecule has 0 aliphatic rings. The summed E-state index contributed by atoms with van der Waals surface area (Å²) in [6, 6.07) is -1.52. The third kappa shape index (κ3) is 12.7. The number of nitrogens with one attached hydrogen (secondary N) is 3. The molecule has 0 aliphatic heterocycles. The molecule has 0 radical (unpaired) electrons. The van der Waals surface area contributed by atoms with Crippen molar-refractivity contribution in [1.82, 2.24) is 16.0 Å². The number of nitrogens with two attached hydrogens (primary N) is 4. The summed E-state index contributed by atoms with van der Waals surface area (Å²) in [5.41, 5.74) is 21.7. The van der Waals surface area contributed by atoms with Crippen LogP contribution in [0.5, 0.6) is 0 Å². The summed E-state index contributed by atoms with van der Waals surface area (Å²) < 4.78 is 0. The molecule has 0 unspecified atom stereocenters. The highest BCUT2D eigenvalue weighted by Crippen LogP contribution is 2.00. The van der Waals surface area contributed by atoms with Crippen LogP contribution in [0.25, 0.3) is 0 Å². The van der Waals surface area contributed by atoms with Crippen molar-refractivity contribution in [2.75, 3.05) is 26.2 Å². The van der Waals surface area contributed by atoms with Crippen molar-refractivity contribution in [3.63, 3.8) is 0 Å². The lowest BCUT2D eigenvalue weighted by molar-refractivity contribution is -0.129. The van der Waals surface area contributed by atoms with Gasteiger partial charge in [-0.2, -0.15) is 0 Å². The Hall–Kier alpha value is -2.24. The van der Waals surface area contributed by atoms with E-state index in [-0.39, 0.29) is 13.1 Å². The lowest BCUT2D eigenvalue weighted by atomic mass is 10.1. The number of rotatable bonds is 15. The van der Waals surface area contributed by atoms with Crippen LogP contribution < -0.4 is 38.9 Å². The Balaban J connectivity index is 4.09. The predicted molar refractivity (Wildman–Crippen MR) is 101 cm³/mol. The van der Waals surface area contributed by atoms with Crippen molar-refractivity contribution in [3.05, 3.63) is 0 Å². The summed E-state index contributed by atoms with van der Waals surface area (Å²) >= 11 is 0. The van der Waals surface area contributed by atoms with E-state index in [1.165, 1.54) is 0 Å². The maximum atomic E-state index is 11.8. The highest BCUT2D eigenvalue weighted by atomic mass is 16.2. The van der Waals surface area contributed by atoms with Gasteiger partial charge in [0.15, 0.2) is 0 Å². The van der Waals surface area contributed by atoms with Gasteiger partial charge in [-0.1, -0.05) is 6.42 Å². The van der Waals surface area contributed by atoms with Crippen LogP contribution in [0, 0.1) is 0 Å². The molecule has 0 spiro atoms. The summed E-state index contributed by atoms with van der Waals surface area (Å²) in [5.74, 6) is -2.20. The molecule has 11 N–H and O–H groups in total. The van der Waals surface area contributed by atoms with E-state index in [4.69, 9.17) is 22.9 Å². The average Bonchev–Trinajstić information content (AvgIpc) is 2.63. The molecule has 11 heteroatoms. The minimum atomic E-state index is -0.813. The van der Waals surface area contributed by atoms with E-state index in [2.05, 4.69) is 16.0 Å². The molecule has 0 saturated carbocycles. The fraction of sp³-hybridized carbons (Fsp3) is 0.750. The van der Waals surface area contributed by atoms with Crippen LogP contribution in [0.2, 0.25) is 0 Å². The topological polar surface area (TPSA) is 208 Å². The molecule has 0 aromatic carbocycles. The van der Waals surface area contributed by atoms with Gasteiger partial charge >= 0.3 is 0 Å². The SMILES string of the molecule is NCCCC[C@H](NC(=O)CNC(=O)CNC(=O)[C@@H](N)CCCCN)C(N)=O.